The van der Waals surface area contributed by atoms with Crippen molar-refractivity contribution in [3.05, 3.63) is 0 Å². The summed E-state index contributed by atoms with van der Waals surface area (Å²) in [6.07, 6.45) is 29.1. The van der Waals surface area contributed by atoms with E-state index < -0.39 is 5.97 Å². The van der Waals surface area contributed by atoms with E-state index in [1.54, 1.807) is 0 Å². The van der Waals surface area contributed by atoms with Gasteiger partial charge in [-0.2, -0.15) is 0 Å². The van der Waals surface area contributed by atoms with Gasteiger partial charge in [0.25, 0.3) is 0 Å². The number of Topliss-reactive ketones (excluding diaryl/α,β-unsaturated/α-hetero) is 1. The van der Waals surface area contributed by atoms with Crippen molar-refractivity contribution in [1.82, 2.24) is 9.80 Å². The number of rotatable bonds is 41. The summed E-state index contributed by atoms with van der Waals surface area (Å²) in [7, 11) is 0. The summed E-state index contributed by atoms with van der Waals surface area (Å²) in [5, 5.41) is 8.01. The first-order chi connectivity index (χ1) is 29.5. The fraction of sp³-hybridized carbons (Fsp3) is 0.880. The average Bonchev–Trinajstić information content (AvgIpc) is 3.24. The average molecular weight is 869 g/mol. The van der Waals surface area contributed by atoms with Crippen molar-refractivity contribution in [3.8, 4) is 0 Å². The summed E-state index contributed by atoms with van der Waals surface area (Å²) in [6, 6.07) is 0. The van der Waals surface area contributed by atoms with Crippen molar-refractivity contribution in [1.29, 1.82) is 0 Å². The Labute approximate surface area is 374 Å². The van der Waals surface area contributed by atoms with Gasteiger partial charge in [0.1, 0.15) is 19.0 Å². The molecular weight excluding hydrogens is 773 g/mol. The third-order valence-electron chi connectivity index (χ3n) is 10.4. The van der Waals surface area contributed by atoms with Gasteiger partial charge in [-0.25, -0.2) is 0 Å². The highest BCUT2D eigenvalue weighted by Crippen LogP contribution is 2.13. The molecule has 0 aliphatic carbocycles. The predicted octanol–water partition coefficient (Wildman–Crippen LogP) is 12.6. The van der Waals surface area contributed by atoms with Crippen molar-refractivity contribution in [2.45, 2.75) is 248 Å². The summed E-state index contributed by atoms with van der Waals surface area (Å²) in [6.45, 7) is 17.9. The lowest BCUT2D eigenvalue weighted by atomic mass is 10.1. The number of ketones is 1. The number of carbonyl (C=O) groups is 6. The van der Waals surface area contributed by atoms with Gasteiger partial charge in [0.05, 0.1) is 6.42 Å². The number of ether oxygens (including phenoxy) is 2. The van der Waals surface area contributed by atoms with Crippen LogP contribution in [-0.4, -0.2) is 89.8 Å². The molecule has 11 heteroatoms. The molecule has 0 atom stereocenters. The second kappa shape index (κ2) is 49.7. The van der Waals surface area contributed by atoms with Gasteiger partial charge in [-0.15, -0.1) is 0 Å². The minimum absolute atomic E-state index is 0.0463. The minimum Gasteiger partial charge on any atom is -0.481 e. The minimum atomic E-state index is -0.916. The Kier molecular flexibility index (Phi) is 50.7. The number of esters is 2. The van der Waals surface area contributed by atoms with E-state index in [0.717, 1.165) is 103 Å². The Morgan fingerprint density at radius 2 is 0.656 bits per heavy atom. The Morgan fingerprint density at radius 1 is 0.377 bits per heavy atom. The summed E-state index contributed by atoms with van der Waals surface area (Å²) in [4.78, 5) is 73.9. The highest BCUT2D eigenvalue weighted by Gasteiger charge is 2.14. The van der Waals surface area contributed by atoms with Crippen LogP contribution in [0.15, 0.2) is 0 Å². The number of unbranched alkanes of at least 4 members (excludes halogenated alkanes) is 19. The fourth-order valence-corrected chi connectivity index (χ4v) is 6.67. The fourth-order valence-electron chi connectivity index (χ4n) is 6.67. The molecule has 0 aliphatic rings. The molecule has 0 aliphatic heterocycles. The van der Waals surface area contributed by atoms with Gasteiger partial charge in [-0.1, -0.05) is 151 Å². The highest BCUT2D eigenvalue weighted by molar-refractivity contribution is 5.80. The van der Waals surface area contributed by atoms with E-state index in [-0.39, 0.29) is 55.6 Å². The highest BCUT2D eigenvalue weighted by atomic mass is 16.6. The van der Waals surface area contributed by atoms with E-state index in [4.69, 9.17) is 14.6 Å². The van der Waals surface area contributed by atoms with Gasteiger partial charge in [-0.3, -0.25) is 24.0 Å². The van der Waals surface area contributed by atoms with E-state index in [0.29, 0.717) is 25.7 Å². The molecule has 0 aromatic rings. The molecule has 360 valence electrons. The summed E-state index contributed by atoms with van der Waals surface area (Å²) >= 11 is 0. The van der Waals surface area contributed by atoms with E-state index in [1.807, 2.05) is 13.8 Å². The number of carboxylic acids is 1. The third-order valence-corrected chi connectivity index (χ3v) is 10.4. The second-order valence-electron chi connectivity index (χ2n) is 16.2. The Morgan fingerprint density at radius 3 is 0.934 bits per heavy atom. The van der Waals surface area contributed by atoms with Crippen molar-refractivity contribution in [2.24, 2.45) is 0 Å². The summed E-state index contributed by atoms with van der Waals surface area (Å²) in [5.41, 5.74) is 0. The van der Waals surface area contributed by atoms with Crippen LogP contribution in [0.3, 0.4) is 0 Å². The molecule has 11 nitrogen and oxygen atoms in total. The molecular formula is C50H96N2O9. The number of nitrogens with zero attached hydrogens (tertiary/aromatic N) is 2. The lowest BCUT2D eigenvalue weighted by molar-refractivity contribution is -0.152. The first-order valence-corrected chi connectivity index (χ1v) is 25.1. The monoisotopic (exact) mass is 869 g/mol. The van der Waals surface area contributed by atoms with Crippen LogP contribution in [0.4, 0.5) is 0 Å². The molecule has 0 aromatic heterocycles. The number of aliphatic carboxylic acids is 1. The van der Waals surface area contributed by atoms with Crippen LogP contribution in [0.1, 0.15) is 248 Å². The Bertz CT molecular complexity index is 1030. The van der Waals surface area contributed by atoms with E-state index in [1.165, 1.54) is 90.4 Å². The zero-order valence-electron chi connectivity index (χ0n) is 40.8. The maximum atomic E-state index is 12.9. The van der Waals surface area contributed by atoms with Crippen molar-refractivity contribution in [3.63, 3.8) is 0 Å². The van der Waals surface area contributed by atoms with Crippen LogP contribution in [0.2, 0.25) is 0 Å². The largest absolute Gasteiger partial charge is 0.481 e. The van der Waals surface area contributed by atoms with Crippen LogP contribution in [0.5, 0.6) is 0 Å². The maximum absolute atomic E-state index is 12.9. The summed E-state index contributed by atoms with van der Waals surface area (Å²) in [5.74, 6) is -0.961. The SMILES string of the molecule is CC.CC(=O)CCC(=O)O.CCCCCCCN(CCCCCC)C(=O)CCCCCCC(=O)OCCOC(=O)CCCCCCC(=O)N(CCCCCC)CCCCCC. The van der Waals surface area contributed by atoms with Crippen LogP contribution in [0.25, 0.3) is 0 Å². The molecule has 0 bridgehead atoms. The molecule has 0 saturated heterocycles. The zero-order chi connectivity index (χ0) is 46.2. The second-order valence-corrected chi connectivity index (χ2v) is 16.2. The predicted molar refractivity (Wildman–Crippen MR) is 251 cm³/mol. The lowest BCUT2D eigenvalue weighted by Gasteiger charge is -2.23. The van der Waals surface area contributed by atoms with Gasteiger partial charge in [-0.05, 0) is 58.3 Å². The molecule has 0 saturated carbocycles. The normalized spacial score (nSPS) is 10.5. The van der Waals surface area contributed by atoms with Crippen LogP contribution < -0.4 is 0 Å². The van der Waals surface area contributed by atoms with E-state index in [9.17, 15) is 28.8 Å². The molecule has 0 radical (unpaired) electrons. The molecule has 0 heterocycles. The van der Waals surface area contributed by atoms with Crippen molar-refractivity contribution >= 4 is 35.5 Å². The molecule has 0 aromatic carbocycles. The number of amides is 2. The number of hydrogen-bond acceptors (Lipinski definition) is 8. The Balaban J connectivity index is -0.00000299. The van der Waals surface area contributed by atoms with Crippen molar-refractivity contribution < 1.29 is 43.3 Å². The van der Waals surface area contributed by atoms with Crippen molar-refractivity contribution in [2.75, 3.05) is 39.4 Å². The number of carboxylic acid groups (broad SMARTS) is 1. The molecule has 0 unspecified atom stereocenters. The van der Waals surface area contributed by atoms with Crippen LogP contribution >= 0.6 is 0 Å². The van der Waals surface area contributed by atoms with E-state index >= 15 is 0 Å². The molecule has 0 spiro atoms. The maximum Gasteiger partial charge on any atom is 0.305 e. The first-order valence-electron chi connectivity index (χ1n) is 25.1. The molecule has 0 rings (SSSR count). The smallest absolute Gasteiger partial charge is 0.305 e. The first kappa shape index (κ1) is 62.3. The number of carbonyl (C=O) groups excluding carboxylic acids is 5. The van der Waals surface area contributed by atoms with E-state index in [2.05, 4.69) is 37.5 Å². The standard InChI is InChI=1S/C43H82N2O6.C5H8O3.C2H6/c1-5-9-13-21-29-37-45(36-28-16-12-8-4)41(47)31-23-18-20-25-33-43(49)51-39-38-50-42(48)32-24-19-17-22-30-40(46)44(34-26-14-10-6-2)35-27-15-11-7-3;1-4(6)2-3-5(7)8;1-2/h5-39H2,1-4H3;2-3H2,1H3,(H,7,8);1-2H3. The van der Waals surface area contributed by atoms with Gasteiger partial charge in [0.15, 0.2) is 0 Å². The lowest BCUT2D eigenvalue weighted by Crippen LogP contribution is -2.32. The van der Waals surface area contributed by atoms with Gasteiger partial charge < -0.3 is 29.2 Å². The molecule has 61 heavy (non-hydrogen) atoms. The van der Waals surface area contributed by atoms with Crippen LogP contribution in [-0.2, 0) is 38.2 Å². The summed E-state index contributed by atoms with van der Waals surface area (Å²) < 4.78 is 10.5. The van der Waals surface area contributed by atoms with Gasteiger partial charge >= 0.3 is 17.9 Å². The van der Waals surface area contributed by atoms with Gasteiger partial charge in [0, 0.05) is 58.3 Å². The third kappa shape index (κ3) is 47.9. The quantitative estimate of drug-likeness (QED) is 0.0468. The van der Waals surface area contributed by atoms with Gasteiger partial charge in [0.2, 0.25) is 11.8 Å². The zero-order valence-corrected chi connectivity index (χ0v) is 40.8. The molecule has 1 N–H and O–H groups in total. The topological polar surface area (TPSA) is 148 Å². The number of hydrogen-bond donors (Lipinski definition) is 1. The molecule has 2 amide bonds. The van der Waals surface area contributed by atoms with Crippen LogP contribution in [0, 0.1) is 0 Å². The Hall–Kier alpha value is -2.98. The molecule has 0 fully saturated rings.